The number of rotatable bonds is 7. The van der Waals surface area contributed by atoms with E-state index in [4.69, 9.17) is 4.74 Å². The van der Waals surface area contributed by atoms with Gasteiger partial charge in [-0.05, 0) is 49.2 Å². The molecule has 0 bridgehead atoms. The van der Waals surface area contributed by atoms with Gasteiger partial charge in [0, 0.05) is 37.6 Å². The van der Waals surface area contributed by atoms with E-state index in [-0.39, 0.29) is 16.7 Å². The molecule has 2 aromatic carbocycles. The first kappa shape index (κ1) is 22.3. The number of nitrogens with one attached hydrogen (secondary N) is 2. The van der Waals surface area contributed by atoms with Gasteiger partial charge in [-0.25, -0.2) is 18.1 Å². The molecule has 0 saturated heterocycles. The van der Waals surface area contributed by atoms with Crippen LogP contribution in [0, 0.1) is 13.8 Å². The largest absolute Gasteiger partial charge is 0.439 e. The van der Waals surface area contributed by atoms with Crippen LogP contribution in [-0.4, -0.2) is 35.2 Å². The van der Waals surface area contributed by atoms with Gasteiger partial charge in [-0.3, -0.25) is 4.68 Å². The summed E-state index contributed by atoms with van der Waals surface area (Å²) in [5, 5.41) is 6.98. The second-order valence-electron chi connectivity index (χ2n) is 7.51. The number of benzene rings is 2. The van der Waals surface area contributed by atoms with Gasteiger partial charge in [0.2, 0.25) is 11.8 Å². The number of ether oxygens (including phenoxy) is 1. The molecule has 4 aromatic rings. The molecule has 9 nitrogen and oxygen atoms in total. The fraction of sp³-hybridized carbons (Fsp3) is 0.174. The lowest BCUT2D eigenvalue weighted by Gasteiger charge is -2.13. The standard InChI is InChI=1S/C23H24N6O3S/c1-15-6-5-7-16(2)22(15)20-12-21(32-18-10-8-17(24-3)9-11-18)27-23(26-20)28-33(30,31)19-13-25-29(4)14-19/h5-14,24H,1-4H3,(H,26,27,28). The lowest BCUT2D eigenvalue weighted by atomic mass is 10.00. The summed E-state index contributed by atoms with van der Waals surface area (Å²) in [7, 11) is -0.460. The van der Waals surface area contributed by atoms with Crippen LogP contribution in [0.5, 0.6) is 11.6 Å². The highest BCUT2D eigenvalue weighted by Crippen LogP contribution is 2.31. The van der Waals surface area contributed by atoms with E-state index in [2.05, 4.69) is 25.1 Å². The van der Waals surface area contributed by atoms with Gasteiger partial charge in [-0.2, -0.15) is 10.1 Å². The maximum atomic E-state index is 12.8. The first-order valence-electron chi connectivity index (χ1n) is 10.2. The minimum atomic E-state index is -3.93. The van der Waals surface area contributed by atoms with Gasteiger partial charge in [0.1, 0.15) is 10.6 Å². The SMILES string of the molecule is CNc1ccc(Oc2cc(-c3c(C)cccc3C)nc(NS(=O)(=O)c3cnn(C)c3)n2)cc1. The van der Waals surface area contributed by atoms with Gasteiger partial charge in [-0.1, -0.05) is 18.2 Å². The van der Waals surface area contributed by atoms with E-state index in [1.165, 1.54) is 17.1 Å². The molecule has 10 heteroatoms. The summed E-state index contributed by atoms with van der Waals surface area (Å²) in [6.45, 7) is 3.95. The van der Waals surface area contributed by atoms with Crippen molar-refractivity contribution in [1.82, 2.24) is 19.7 Å². The second-order valence-corrected chi connectivity index (χ2v) is 9.20. The molecule has 33 heavy (non-hydrogen) atoms. The van der Waals surface area contributed by atoms with Crippen LogP contribution in [-0.2, 0) is 17.1 Å². The average Bonchev–Trinajstić information content (AvgIpc) is 3.21. The molecule has 0 atom stereocenters. The molecule has 0 unspecified atom stereocenters. The highest BCUT2D eigenvalue weighted by molar-refractivity contribution is 7.92. The smallest absolute Gasteiger partial charge is 0.267 e. The summed E-state index contributed by atoms with van der Waals surface area (Å²) in [6.07, 6.45) is 2.66. The Kier molecular flexibility index (Phi) is 6.01. The maximum absolute atomic E-state index is 12.8. The van der Waals surface area contributed by atoms with Crippen LogP contribution in [0.15, 0.2) is 65.8 Å². The molecular formula is C23H24N6O3S. The highest BCUT2D eigenvalue weighted by Gasteiger charge is 2.20. The number of aryl methyl sites for hydroxylation is 3. The summed E-state index contributed by atoms with van der Waals surface area (Å²) >= 11 is 0. The highest BCUT2D eigenvalue weighted by atomic mass is 32.2. The van der Waals surface area contributed by atoms with Gasteiger partial charge in [0.25, 0.3) is 10.0 Å². The molecule has 0 aliphatic heterocycles. The number of sulfonamides is 1. The van der Waals surface area contributed by atoms with Crippen LogP contribution < -0.4 is 14.8 Å². The molecule has 0 spiro atoms. The lowest BCUT2D eigenvalue weighted by Crippen LogP contribution is -2.15. The number of anilines is 2. The van der Waals surface area contributed by atoms with E-state index < -0.39 is 10.0 Å². The number of hydrogen-bond acceptors (Lipinski definition) is 7. The topological polar surface area (TPSA) is 111 Å². The van der Waals surface area contributed by atoms with Crippen molar-refractivity contribution in [3.8, 4) is 22.9 Å². The summed E-state index contributed by atoms with van der Waals surface area (Å²) in [6, 6.07) is 14.9. The molecule has 2 N–H and O–H groups in total. The third kappa shape index (κ3) is 4.96. The molecule has 0 fully saturated rings. The Balaban J connectivity index is 1.77. The van der Waals surface area contributed by atoms with E-state index in [1.807, 2.05) is 51.2 Å². The first-order valence-corrected chi connectivity index (χ1v) is 11.7. The molecule has 4 rings (SSSR count). The summed E-state index contributed by atoms with van der Waals surface area (Å²) in [5.41, 5.74) is 4.37. The Morgan fingerprint density at radius 2 is 1.70 bits per heavy atom. The van der Waals surface area contributed by atoms with E-state index in [1.54, 1.807) is 25.2 Å². The van der Waals surface area contributed by atoms with Gasteiger partial charge in [0.15, 0.2) is 0 Å². The fourth-order valence-electron chi connectivity index (χ4n) is 3.40. The fourth-order valence-corrected chi connectivity index (χ4v) is 4.32. The Morgan fingerprint density at radius 1 is 1.00 bits per heavy atom. The summed E-state index contributed by atoms with van der Waals surface area (Å²) in [5.74, 6) is 0.672. The van der Waals surface area contributed by atoms with Crippen molar-refractivity contribution in [1.29, 1.82) is 0 Å². The van der Waals surface area contributed by atoms with Crippen molar-refractivity contribution >= 4 is 21.7 Å². The van der Waals surface area contributed by atoms with Crippen LogP contribution in [0.1, 0.15) is 11.1 Å². The maximum Gasteiger partial charge on any atom is 0.267 e. The number of aromatic nitrogens is 4. The average molecular weight is 465 g/mol. The molecule has 0 radical (unpaired) electrons. The van der Waals surface area contributed by atoms with Crippen molar-refractivity contribution in [2.45, 2.75) is 18.7 Å². The monoisotopic (exact) mass is 464 g/mol. The lowest BCUT2D eigenvalue weighted by molar-refractivity contribution is 0.463. The van der Waals surface area contributed by atoms with Gasteiger partial charge < -0.3 is 10.1 Å². The molecule has 0 aliphatic rings. The minimum absolute atomic E-state index is 0.0104. The minimum Gasteiger partial charge on any atom is -0.439 e. The first-order chi connectivity index (χ1) is 15.7. The molecule has 170 valence electrons. The van der Waals surface area contributed by atoms with Crippen LogP contribution in [0.2, 0.25) is 0 Å². The predicted molar refractivity (Wildman–Crippen MR) is 127 cm³/mol. The second kappa shape index (κ2) is 8.91. The number of nitrogens with zero attached hydrogens (tertiary/aromatic N) is 4. The summed E-state index contributed by atoms with van der Waals surface area (Å²) < 4.78 is 35.5. The van der Waals surface area contributed by atoms with Crippen LogP contribution >= 0.6 is 0 Å². The molecule has 2 heterocycles. The van der Waals surface area contributed by atoms with Gasteiger partial charge in [-0.15, -0.1) is 0 Å². The van der Waals surface area contributed by atoms with Crippen LogP contribution in [0.4, 0.5) is 11.6 Å². The zero-order valence-electron chi connectivity index (χ0n) is 18.7. The molecule has 2 aromatic heterocycles. The Morgan fingerprint density at radius 3 is 2.30 bits per heavy atom. The van der Waals surface area contributed by atoms with Crippen molar-refractivity contribution in [2.75, 3.05) is 17.1 Å². The summed E-state index contributed by atoms with van der Waals surface area (Å²) in [4.78, 5) is 8.81. The van der Waals surface area contributed by atoms with Crippen molar-refractivity contribution in [3.63, 3.8) is 0 Å². The van der Waals surface area contributed by atoms with Crippen molar-refractivity contribution in [2.24, 2.45) is 7.05 Å². The van der Waals surface area contributed by atoms with E-state index >= 15 is 0 Å². The molecule has 0 aliphatic carbocycles. The quantitative estimate of drug-likeness (QED) is 0.423. The third-order valence-corrected chi connectivity index (χ3v) is 6.31. The zero-order valence-corrected chi connectivity index (χ0v) is 19.5. The Labute approximate surface area is 192 Å². The molecule has 0 saturated carbocycles. The molecule has 0 amide bonds. The Bertz CT molecular complexity index is 1380. The van der Waals surface area contributed by atoms with Gasteiger partial charge >= 0.3 is 0 Å². The van der Waals surface area contributed by atoms with Gasteiger partial charge in [0.05, 0.1) is 11.9 Å². The van der Waals surface area contributed by atoms with Crippen LogP contribution in [0.3, 0.4) is 0 Å². The van der Waals surface area contributed by atoms with Crippen molar-refractivity contribution in [3.05, 3.63) is 72.1 Å². The van der Waals surface area contributed by atoms with E-state index in [0.717, 1.165) is 22.4 Å². The van der Waals surface area contributed by atoms with Crippen molar-refractivity contribution < 1.29 is 13.2 Å². The van der Waals surface area contributed by atoms with E-state index in [9.17, 15) is 8.42 Å². The third-order valence-electron chi connectivity index (χ3n) is 5.02. The predicted octanol–water partition coefficient (Wildman–Crippen LogP) is 4.13. The number of hydrogen-bond donors (Lipinski definition) is 2. The normalized spacial score (nSPS) is 11.3. The Hall–Kier alpha value is -3.92. The van der Waals surface area contributed by atoms with Crippen LogP contribution in [0.25, 0.3) is 11.3 Å². The zero-order chi connectivity index (χ0) is 23.6. The molecular weight excluding hydrogens is 440 g/mol. The van der Waals surface area contributed by atoms with E-state index in [0.29, 0.717) is 11.4 Å².